The number of hydrogen-bond donors (Lipinski definition) is 2. The van der Waals surface area contributed by atoms with E-state index in [0.29, 0.717) is 23.7 Å². The van der Waals surface area contributed by atoms with Crippen molar-refractivity contribution < 1.29 is 9.90 Å². The lowest BCUT2D eigenvalue weighted by Gasteiger charge is -2.25. The van der Waals surface area contributed by atoms with E-state index in [1.807, 2.05) is 0 Å². The molecule has 4 nitrogen and oxygen atoms in total. The van der Waals surface area contributed by atoms with Gasteiger partial charge in [0.2, 0.25) is 0 Å². The number of aliphatic hydroxyl groups is 1. The predicted octanol–water partition coefficient (Wildman–Crippen LogP) is 2.18. The van der Waals surface area contributed by atoms with Gasteiger partial charge in [-0.25, -0.2) is 0 Å². The first-order valence-corrected chi connectivity index (χ1v) is 7.46. The molecular weight excluding hydrogens is 299 g/mol. The fourth-order valence-electron chi connectivity index (χ4n) is 2.41. The van der Waals surface area contributed by atoms with E-state index < -0.39 is 0 Å². The number of hydrogen-bond acceptors (Lipinski definition) is 3. The lowest BCUT2D eigenvalue weighted by atomic mass is 10.1. The summed E-state index contributed by atoms with van der Waals surface area (Å²) in [5.74, 6) is -0.194. The van der Waals surface area contributed by atoms with Crippen molar-refractivity contribution >= 4 is 29.1 Å². The first-order chi connectivity index (χ1) is 9.63. The van der Waals surface area contributed by atoms with Crippen LogP contribution in [0.25, 0.3) is 0 Å². The highest BCUT2D eigenvalue weighted by molar-refractivity contribution is 6.43. The van der Waals surface area contributed by atoms with Crippen molar-refractivity contribution in [1.82, 2.24) is 10.2 Å². The van der Waals surface area contributed by atoms with E-state index >= 15 is 0 Å². The average Bonchev–Trinajstić information content (AvgIpc) is 2.94. The van der Waals surface area contributed by atoms with Crippen molar-refractivity contribution in [1.29, 1.82) is 0 Å². The van der Waals surface area contributed by atoms with Crippen LogP contribution in [-0.4, -0.2) is 48.2 Å². The Morgan fingerprint density at radius 3 is 2.90 bits per heavy atom. The van der Waals surface area contributed by atoms with Gasteiger partial charge in [-0.1, -0.05) is 29.3 Å². The molecule has 0 aliphatic carbocycles. The van der Waals surface area contributed by atoms with Crippen molar-refractivity contribution in [2.45, 2.75) is 18.9 Å². The third-order valence-electron chi connectivity index (χ3n) is 3.44. The number of rotatable bonds is 5. The summed E-state index contributed by atoms with van der Waals surface area (Å²) in [5, 5.41) is 13.1. The summed E-state index contributed by atoms with van der Waals surface area (Å²) >= 11 is 12.0. The van der Waals surface area contributed by atoms with Crippen molar-refractivity contribution in [3.05, 3.63) is 33.8 Å². The van der Waals surface area contributed by atoms with E-state index in [0.717, 1.165) is 19.4 Å². The van der Waals surface area contributed by atoms with Crippen molar-refractivity contribution in [2.24, 2.45) is 0 Å². The minimum atomic E-state index is -0.194. The van der Waals surface area contributed by atoms with Crippen molar-refractivity contribution in [3.63, 3.8) is 0 Å². The zero-order valence-electron chi connectivity index (χ0n) is 11.1. The van der Waals surface area contributed by atoms with Gasteiger partial charge in [0.25, 0.3) is 5.91 Å². The molecule has 110 valence electrons. The maximum absolute atomic E-state index is 12.5. The fraction of sp³-hybridized carbons (Fsp3) is 0.500. The summed E-state index contributed by atoms with van der Waals surface area (Å²) in [6.07, 6.45) is 2.15. The maximum atomic E-state index is 12.5. The maximum Gasteiger partial charge on any atom is 0.255 e. The predicted molar refractivity (Wildman–Crippen MR) is 80.5 cm³/mol. The molecule has 2 rings (SSSR count). The van der Waals surface area contributed by atoms with E-state index in [2.05, 4.69) is 5.32 Å². The van der Waals surface area contributed by atoms with Crippen LogP contribution in [0.4, 0.5) is 0 Å². The highest BCUT2D eigenvalue weighted by atomic mass is 35.5. The Morgan fingerprint density at radius 2 is 2.25 bits per heavy atom. The summed E-state index contributed by atoms with van der Waals surface area (Å²) in [6.45, 7) is 1.77. The molecule has 20 heavy (non-hydrogen) atoms. The van der Waals surface area contributed by atoms with Gasteiger partial charge in [0.05, 0.1) is 22.2 Å². The van der Waals surface area contributed by atoms with Crippen LogP contribution in [0.1, 0.15) is 23.2 Å². The van der Waals surface area contributed by atoms with Crippen LogP contribution < -0.4 is 5.32 Å². The van der Waals surface area contributed by atoms with Gasteiger partial charge in [0.15, 0.2) is 0 Å². The number of carbonyl (C=O) groups is 1. The Kier molecular flexibility index (Phi) is 5.66. The summed E-state index contributed by atoms with van der Waals surface area (Å²) in [4.78, 5) is 14.2. The van der Waals surface area contributed by atoms with E-state index in [-0.39, 0.29) is 23.6 Å². The van der Waals surface area contributed by atoms with Crippen LogP contribution in [0.5, 0.6) is 0 Å². The SMILES string of the molecule is O=C(c1cccc(Cl)c1Cl)N(CCO)CC1CCCN1. The molecule has 1 atom stereocenters. The Hall–Kier alpha value is -0.810. The molecule has 1 aromatic rings. The Bertz CT molecular complexity index is 476. The molecule has 1 heterocycles. The van der Waals surface area contributed by atoms with E-state index in [4.69, 9.17) is 28.3 Å². The first kappa shape index (κ1) is 15.6. The molecule has 1 unspecified atom stereocenters. The van der Waals surface area contributed by atoms with Gasteiger partial charge in [0.1, 0.15) is 0 Å². The molecule has 1 saturated heterocycles. The number of carbonyl (C=O) groups excluding carboxylic acids is 1. The Morgan fingerprint density at radius 1 is 1.45 bits per heavy atom. The van der Waals surface area contributed by atoms with Crippen molar-refractivity contribution in [3.8, 4) is 0 Å². The van der Waals surface area contributed by atoms with E-state index in [1.165, 1.54) is 0 Å². The zero-order chi connectivity index (χ0) is 14.5. The quantitative estimate of drug-likeness (QED) is 0.875. The first-order valence-electron chi connectivity index (χ1n) is 6.71. The molecule has 6 heteroatoms. The standard InChI is InChI=1S/C14H18Cl2N2O2/c15-12-5-1-4-11(13(12)16)14(20)18(7-8-19)9-10-3-2-6-17-10/h1,4-5,10,17,19H,2-3,6-9H2. The number of halogens is 2. The van der Waals surface area contributed by atoms with Crippen LogP contribution in [0.3, 0.4) is 0 Å². The third-order valence-corrected chi connectivity index (χ3v) is 4.26. The molecular formula is C14H18Cl2N2O2. The van der Waals surface area contributed by atoms with Gasteiger partial charge < -0.3 is 15.3 Å². The molecule has 1 aliphatic rings. The van der Waals surface area contributed by atoms with Crippen LogP contribution in [0.2, 0.25) is 10.0 Å². The van der Waals surface area contributed by atoms with Gasteiger partial charge in [-0.05, 0) is 31.5 Å². The number of benzene rings is 1. The molecule has 1 fully saturated rings. The third kappa shape index (κ3) is 3.64. The van der Waals surface area contributed by atoms with E-state index in [9.17, 15) is 4.79 Å². The zero-order valence-corrected chi connectivity index (χ0v) is 12.6. The number of amides is 1. The summed E-state index contributed by atoms with van der Waals surface area (Å²) < 4.78 is 0. The molecule has 0 saturated carbocycles. The molecule has 1 aliphatic heterocycles. The van der Waals surface area contributed by atoms with Crippen LogP contribution in [0.15, 0.2) is 18.2 Å². The minimum absolute atomic E-state index is 0.0728. The Balaban J connectivity index is 2.14. The summed E-state index contributed by atoms with van der Waals surface area (Å²) in [7, 11) is 0. The second-order valence-electron chi connectivity index (χ2n) is 4.87. The van der Waals surface area contributed by atoms with Gasteiger partial charge in [-0.3, -0.25) is 4.79 Å². The number of nitrogens with one attached hydrogen (secondary N) is 1. The second-order valence-corrected chi connectivity index (χ2v) is 5.65. The van der Waals surface area contributed by atoms with Crippen molar-refractivity contribution in [2.75, 3.05) is 26.2 Å². The summed E-state index contributed by atoms with van der Waals surface area (Å²) in [6, 6.07) is 5.29. The van der Waals surface area contributed by atoms with Gasteiger partial charge in [-0.15, -0.1) is 0 Å². The van der Waals surface area contributed by atoms with Gasteiger partial charge in [-0.2, -0.15) is 0 Å². The van der Waals surface area contributed by atoms with Gasteiger partial charge >= 0.3 is 0 Å². The largest absolute Gasteiger partial charge is 0.395 e. The van der Waals surface area contributed by atoms with Crippen LogP contribution >= 0.6 is 23.2 Å². The molecule has 2 N–H and O–H groups in total. The second kappa shape index (κ2) is 7.27. The lowest BCUT2D eigenvalue weighted by molar-refractivity contribution is 0.0707. The minimum Gasteiger partial charge on any atom is -0.395 e. The molecule has 1 aromatic carbocycles. The lowest BCUT2D eigenvalue weighted by Crippen LogP contribution is -2.42. The molecule has 1 amide bonds. The number of nitrogens with zero attached hydrogens (tertiary/aromatic N) is 1. The fourth-order valence-corrected chi connectivity index (χ4v) is 2.80. The van der Waals surface area contributed by atoms with E-state index in [1.54, 1.807) is 23.1 Å². The average molecular weight is 317 g/mol. The molecule has 0 bridgehead atoms. The van der Waals surface area contributed by atoms with Crippen LogP contribution in [-0.2, 0) is 0 Å². The topological polar surface area (TPSA) is 52.6 Å². The molecule has 0 aromatic heterocycles. The molecule has 0 spiro atoms. The molecule has 0 radical (unpaired) electrons. The highest BCUT2D eigenvalue weighted by Gasteiger charge is 2.23. The van der Waals surface area contributed by atoms with Gasteiger partial charge in [0, 0.05) is 19.1 Å². The normalized spacial score (nSPS) is 18.2. The summed E-state index contributed by atoms with van der Waals surface area (Å²) in [5.41, 5.74) is 0.380. The number of aliphatic hydroxyl groups excluding tert-OH is 1. The van der Waals surface area contributed by atoms with Crippen LogP contribution in [0, 0.1) is 0 Å². The Labute approximate surface area is 128 Å². The highest BCUT2D eigenvalue weighted by Crippen LogP contribution is 2.26. The monoisotopic (exact) mass is 316 g/mol. The smallest absolute Gasteiger partial charge is 0.255 e.